The molecule has 0 radical (unpaired) electrons. The van der Waals surface area contributed by atoms with Gasteiger partial charge in [0.05, 0.1) is 26.0 Å². The Hall–Kier alpha value is -1.19. The summed E-state index contributed by atoms with van der Waals surface area (Å²) in [6, 6.07) is -1.06. The molecular formula is C9H16N2O6S. The van der Waals surface area contributed by atoms with Gasteiger partial charge in [0.1, 0.15) is 0 Å². The lowest BCUT2D eigenvalue weighted by Gasteiger charge is -2.33. The summed E-state index contributed by atoms with van der Waals surface area (Å²) in [6.07, 6.45) is 0.980. The number of morpholine rings is 1. The number of carbonyl (C=O) groups excluding carboxylic acids is 1. The zero-order valence-corrected chi connectivity index (χ0v) is 11.0. The van der Waals surface area contributed by atoms with Gasteiger partial charge in [-0.25, -0.2) is 13.2 Å². The normalized spacial score (nSPS) is 21.1. The van der Waals surface area contributed by atoms with Crippen LogP contribution in [0.15, 0.2) is 0 Å². The van der Waals surface area contributed by atoms with E-state index in [2.05, 4.69) is 0 Å². The van der Waals surface area contributed by atoms with Gasteiger partial charge in [-0.05, 0) is 0 Å². The molecule has 1 fully saturated rings. The molecule has 1 heterocycles. The summed E-state index contributed by atoms with van der Waals surface area (Å²) in [5.74, 6) is -1.70. The van der Waals surface area contributed by atoms with Crippen molar-refractivity contribution in [3.05, 3.63) is 0 Å². The number of aliphatic carboxylic acids is 1. The van der Waals surface area contributed by atoms with Crippen molar-refractivity contribution in [2.45, 2.75) is 6.04 Å². The Labute approximate surface area is 105 Å². The lowest BCUT2D eigenvalue weighted by atomic mass is 10.2. The van der Waals surface area contributed by atoms with E-state index in [0.717, 1.165) is 15.5 Å². The highest BCUT2D eigenvalue weighted by molar-refractivity contribution is 7.88. The minimum atomic E-state index is -3.47. The fraction of sp³-hybridized carbons (Fsp3) is 0.778. The van der Waals surface area contributed by atoms with E-state index in [4.69, 9.17) is 9.84 Å². The zero-order chi connectivity index (χ0) is 13.9. The molecule has 104 valence electrons. The Morgan fingerprint density at radius 1 is 1.50 bits per heavy atom. The number of likely N-dealkylation sites (N-methyl/N-ethyl adjacent to an activating group) is 1. The third-order valence-corrected chi connectivity index (χ3v) is 3.92. The van der Waals surface area contributed by atoms with Gasteiger partial charge < -0.3 is 14.7 Å². The molecule has 0 unspecified atom stereocenters. The summed E-state index contributed by atoms with van der Waals surface area (Å²) in [5, 5.41) is 8.95. The summed E-state index contributed by atoms with van der Waals surface area (Å²) >= 11 is 0. The first-order chi connectivity index (χ1) is 8.23. The molecular weight excluding hydrogens is 264 g/mol. The predicted octanol–water partition coefficient (Wildman–Crippen LogP) is -1.81. The number of hydrogen-bond acceptors (Lipinski definition) is 5. The van der Waals surface area contributed by atoms with E-state index in [9.17, 15) is 18.0 Å². The van der Waals surface area contributed by atoms with Crippen LogP contribution in [0.5, 0.6) is 0 Å². The van der Waals surface area contributed by atoms with Crippen LogP contribution in [-0.4, -0.2) is 80.3 Å². The molecule has 0 spiro atoms. The van der Waals surface area contributed by atoms with Crippen LogP contribution < -0.4 is 0 Å². The van der Waals surface area contributed by atoms with Crippen LogP contribution in [0.1, 0.15) is 0 Å². The van der Waals surface area contributed by atoms with Crippen LogP contribution >= 0.6 is 0 Å². The number of rotatable bonds is 4. The van der Waals surface area contributed by atoms with Crippen molar-refractivity contribution in [1.29, 1.82) is 0 Å². The van der Waals surface area contributed by atoms with Gasteiger partial charge in [-0.2, -0.15) is 4.31 Å². The van der Waals surface area contributed by atoms with Crippen LogP contribution in [0.4, 0.5) is 0 Å². The van der Waals surface area contributed by atoms with Gasteiger partial charge in [0.25, 0.3) is 0 Å². The van der Waals surface area contributed by atoms with Crippen molar-refractivity contribution in [3.8, 4) is 0 Å². The van der Waals surface area contributed by atoms with Gasteiger partial charge >= 0.3 is 5.97 Å². The van der Waals surface area contributed by atoms with Crippen molar-refractivity contribution in [2.75, 3.05) is 39.6 Å². The SMILES string of the molecule is CN(CC(=O)N1CCOC[C@@H]1C(=O)O)S(C)(=O)=O. The Morgan fingerprint density at radius 2 is 2.11 bits per heavy atom. The van der Waals surface area contributed by atoms with Gasteiger partial charge in [-0.15, -0.1) is 0 Å². The highest BCUT2D eigenvalue weighted by Crippen LogP contribution is 2.08. The predicted molar refractivity (Wildman–Crippen MR) is 61.4 cm³/mol. The molecule has 1 aliphatic heterocycles. The van der Waals surface area contributed by atoms with Gasteiger partial charge in [-0.3, -0.25) is 4.79 Å². The third kappa shape index (κ3) is 3.65. The standard InChI is InChI=1S/C9H16N2O6S/c1-10(18(2,15)16)5-8(12)11-3-4-17-6-7(11)9(13)14/h7H,3-6H2,1-2H3,(H,13,14)/t7-/m1/s1. The summed E-state index contributed by atoms with van der Waals surface area (Å²) < 4.78 is 28.2. The Morgan fingerprint density at radius 3 is 2.61 bits per heavy atom. The molecule has 0 aliphatic carbocycles. The first-order valence-electron chi connectivity index (χ1n) is 5.25. The smallest absolute Gasteiger partial charge is 0.328 e. The molecule has 1 saturated heterocycles. The van der Waals surface area contributed by atoms with Crippen molar-refractivity contribution >= 4 is 21.9 Å². The fourth-order valence-electron chi connectivity index (χ4n) is 1.51. The summed E-state index contributed by atoms with van der Waals surface area (Å²) in [6.45, 7) is -0.0578. The number of sulfonamides is 1. The van der Waals surface area contributed by atoms with Gasteiger partial charge in [-0.1, -0.05) is 0 Å². The minimum Gasteiger partial charge on any atom is -0.480 e. The first kappa shape index (κ1) is 14.9. The molecule has 0 aromatic rings. The van der Waals surface area contributed by atoms with Gasteiger partial charge in [0, 0.05) is 13.6 Å². The van der Waals surface area contributed by atoms with Crippen molar-refractivity contribution in [1.82, 2.24) is 9.21 Å². The highest BCUT2D eigenvalue weighted by Gasteiger charge is 2.33. The number of amides is 1. The number of hydrogen-bond donors (Lipinski definition) is 1. The topological polar surface area (TPSA) is 104 Å². The van der Waals surface area contributed by atoms with Crippen molar-refractivity contribution in [3.63, 3.8) is 0 Å². The van der Waals surface area contributed by atoms with E-state index < -0.39 is 27.9 Å². The number of carboxylic acids is 1. The monoisotopic (exact) mass is 280 g/mol. The molecule has 0 aromatic heterocycles. The second kappa shape index (κ2) is 5.63. The van der Waals surface area contributed by atoms with E-state index in [1.165, 1.54) is 7.05 Å². The van der Waals surface area contributed by atoms with E-state index in [1.54, 1.807) is 0 Å². The quantitative estimate of drug-likeness (QED) is 0.651. The third-order valence-electron chi connectivity index (χ3n) is 2.66. The molecule has 18 heavy (non-hydrogen) atoms. The van der Waals surface area contributed by atoms with Crippen molar-refractivity contribution < 1.29 is 27.9 Å². The maximum absolute atomic E-state index is 11.9. The summed E-state index contributed by atoms with van der Waals surface area (Å²) in [5.41, 5.74) is 0. The molecule has 8 nitrogen and oxygen atoms in total. The summed E-state index contributed by atoms with van der Waals surface area (Å²) in [7, 11) is -2.20. The molecule has 1 atom stereocenters. The van der Waals surface area contributed by atoms with Crippen LogP contribution in [0.3, 0.4) is 0 Å². The molecule has 0 bridgehead atoms. The number of nitrogens with zero attached hydrogens (tertiary/aromatic N) is 2. The molecule has 0 aromatic carbocycles. The van der Waals surface area contributed by atoms with Crippen LogP contribution in [-0.2, 0) is 24.3 Å². The number of carbonyl (C=O) groups is 2. The molecule has 1 aliphatic rings. The van der Waals surface area contributed by atoms with Gasteiger partial charge in [0.2, 0.25) is 15.9 Å². The maximum Gasteiger partial charge on any atom is 0.328 e. The van der Waals surface area contributed by atoms with Crippen LogP contribution in [0, 0.1) is 0 Å². The first-order valence-corrected chi connectivity index (χ1v) is 7.09. The zero-order valence-electron chi connectivity index (χ0n) is 10.2. The van der Waals surface area contributed by atoms with Crippen molar-refractivity contribution in [2.24, 2.45) is 0 Å². The number of ether oxygens (including phenoxy) is 1. The molecule has 1 rings (SSSR count). The lowest BCUT2D eigenvalue weighted by Crippen LogP contribution is -2.55. The summed E-state index contributed by atoms with van der Waals surface area (Å²) in [4.78, 5) is 23.9. The molecule has 0 saturated carbocycles. The molecule has 1 amide bonds. The average Bonchev–Trinajstić information content (AvgIpc) is 2.27. The van der Waals surface area contributed by atoms with Crippen LogP contribution in [0.2, 0.25) is 0 Å². The number of carboxylic acid groups (broad SMARTS) is 1. The van der Waals surface area contributed by atoms with E-state index in [-0.39, 0.29) is 26.3 Å². The molecule has 1 N–H and O–H groups in total. The highest BCUT2D eigenvalue weighted by atomic mass is 32.2. The second-order valence-electron chi connectivity index (χ2n) is 4.04. The minimum absolute atomic E-state index is 0.0797. The van der Waals surface area contributed by atoms with Gasteiger partial charge in [0.15, 0.2) is 6.04 Å². The van der Waals surface area contributed by atoms with E-state index in [0.29, 0.717) is 0 Å². The largest absolute Gasteiger partial charge is 0.480 e. The Bertz CT molecular complexity index is 434. The van der Waals surface area contributed by atoms with Crippen LogP contribution in [0.25, 0.3) is 0 Å². The Kier molecular flexibility index (Phi) is 4.65. The second-order valence-corrected chi connectivity index (χ2v) is 6.12. The average molecular weight is 280 g/mol. The van der Waals surface area contributed by atoms with E-state index >= 15 is 0 Å². The van der Waals surface area contributed by atoms with E-state index in [1.807, 2.05) is 0 Å². The Balaban J connectivity index is 2.73. The lowest BCUT2D eigenvalue weighted by molar-refractivity contribution is -0.158. The maximum atomic E-state index is 11.9. The molecule has 9 heteroatoms. The fourth-order valence-corrected chi connectivity index (χ4v) is 1.85.